The summed E-state index contributed by atoms with van der Waals surface area (Å²) in [6, 6.07) is 1.62. The maximum Gasteiger partial charge on any atom is 0.285 e. The highest BCUT2D eigenvalue weighted by Crippen LogP contribution is 2.24. The van der Waals surface area contributed by atoms with Gasteiger partial charge in [-0.3, -0.25) is 14.9 Å². The Hall–Kier alpha value is -2.18. The van der Waals surface area contributed by atoms with E-state index in [2.05, 4.69) is 5.32 Å². The SMILES string of the molecule is CCCNC(=O)c1cc(N)c(F)cc1[N+](=O)[O-]. The van der Waals surface area contributed by atoms with E-state index in [1.54, 1.807) is 0 Å². The molecule has 0 atom stereocenters. The molecule has 0 saturated heterocycles. The first-order chi connectivity index (χ1) is 7.97. The van der Waals surface area contributed by atoms with E-state index < -0.39 is 22.3 Å². The molecule has 1 aromatic rings. The number of nitro benzene ring substituents is 1. The van der Waals surface area contributed by atoms with Gasteiger partial charge in [0.05, 0.1) is 16.7 Å². The number of nitro groups is 1. The number of nitrogens with one attached hydrogen (secondary N) is 1. The van der Waals surface area contributed by atoms with Crippen molar-refractivity contribution in [1.29, 1.82) is 0 Å². The molecule has 0 aliphatic heterocycles. The summed E-state index contributed by atoms with van der Waals surface area (Å²) in [6.45, 7) is 2.22. The Kier molecular flexibility index (Phi) is 3.97. The number of nitrogens with zero attached hydrogens (tertiary/aromatic N) is 1. The third-order valence-corrected chi connectivity index (χ3v) is 2.09. The topological polar surface area (TPSA) is 98.3 Å². The fourth-order valence-corrected chi connectivity index (χ4v) is 1.25. The van der Waals surface area contributed by atoms with Crippen molar-refractivity contribution in [3.05, 3.63) is 33.6 Å². The van der Waals surface area contributed by atoms with Crippen molar-refractivity contribution in [2.45, 2.75) is 13.3 Å². The fourth-order valence-electron chi connectivity index (χ4n) is 1.25. The molecule has 1 rings (SSSR count). The molecule has 0 radical (unpaired) electrons. The van der Waals surface area contributed by atoms with E-state index in [0.717, 1.165) is 6.07 Å². The summed E-state index contributed by atoms with van der Waals surface area (Å²) in [6.07, 6.45) is 0.691. The Bertz CT molecular complexity index is 462. The highest BCUT2D eigenvalue weighted by atomic mass is 19.1. The second kappa shape index (κ2) is 5.24. The van der Waals surface area contributed by atoms with Crippen LogP contribution in [0.4, 0.5) is 15.8 Å². The summed E-state index contributed by atoms with van der Waals surface area (Å²) in [5.41, 5.74) is 4.16. The quantitative estimate of drug-likeness (QED) is 0.473. The minimum Gasteiger partial charge on any atom is -0.396 e. The minimum atomic E-state index is -0.913. The summed E-state index contributed by atoms with van der Waals surface area (Å²) in [5.74, 6) is -1.55. The van der Waals surface area contributed by atoms with Crippen LogP contribution in [0.5, 0.6) is 0 Å². The maximum atomic E-state index is 13.1. The van der Waals surface area contributed by atoms with E-state index >= 15 is 0 Å². The molecule has 17 heavy (non-hydrogen) atoms. The van der Waals surface area contributed by atoms with E-state index in [1.807, 2.05) is 6.92 Å². The normalized spacial score (nSPS) is 10.0. The second-order valence-corrected chi connectivity index (χ2v) is 3.40. The molecule has 0 aliphatic carbocycles. The van der Waals surface area contributed by atoms with E-state index in [-0.39, 0.29) is 11.3 Å². The van der Waals surface area contributed by atoms with Gasteiger partial charge in [0.15, 0.2) is 5.82 Å². The Balaban J connectivity index is 3.16. The molecule has 0 unspecified atom stereocenters. The predicted octanol–water partition coefficient (Wildman–Crippen LogP) is 1.46. The number of halogens is 1. The molecule has 0 aromatic heterocycles. The molecule has 3 N–H and O–H groups in total. The number of nitrogens with two attached hydrogens (primary N) is 1. The molecular formula is C10H12FN3O3. The van der Waals surface area contributed by atoms with Gasteiger partial charge in [-0.1, -0.05) is 6.92 Å². The Morgan fingerprint density at radius 3 is 2.76 bits per heavy atom. The lowest BCUT2D eigenvalue weighted by Gasteiger charge is -2.06. The zero-order valence-corrected chi connectivity index (χ0v) is 9.20. The van der Waals surface area contributed by atoms with Crippen LogP contribution in [0.1, 0.15) is 23.7 Å². The number of hydrogen-bond acceptors (Lipinski definition) is 4. The number of anilines is 1. The zero-order chi connectivity index (χ0) is 13.0. The van der Waals surface area contributed by atoms with Gasteiger partial charge >= 0.3 is 0 Å². The van der Waals surface area contributed by atoms with Gasteiger partial charge in [0.2, 0.25) is 0 Å². The second-order valence-electron chi connectivity index (χ2n) is 3.40. The number of rotatable bonds is 4. The van der Waals surface area contributed by atoms with Crippen LogP contribution in [0.3, 0.4) is 0 Å². The third kappa shape index (κ3) is 2.90. The molecule has 1 amide bonds. The Morgan fingerprint density at radius 1 is 1.59 bits per heavy atom. The summed E-state index contributed by atoms with van der Waals surface area (Å²) >= 11 is 0. The first-order valence-electron chi connectivity index (χ1n) is 4.99. The molecular weight excluding hydrogens is 229 g/mol. The van der Waals surface area contributed by atoms with Crippen LogP contribution in [-0.4, -0.2) is 17.4 Å². The number of hydrogen-bond donors (Lipinski definition) is 2. The van der Waals surface area contributed by atoms with Gasteiger partial charge in [0.1, 0.15) is 5.56 Å². The first kappa shape index (κ1) is 12.9. The summed E-state index contributed by atoms with van der Waals surface area (Å²) in [5, 5.41) is 13.2. The molecule has 0 saturated carbocycles. The van der Waals surface area contributed by atoms with Crippen molar-refractivity contribution in [3.63, 3.8) is 0 Å². The zero-order valence-electron chi connectivity index (χ0n) is 9.20. The molecule has 92 valence electrons. The van der Waals surface area contributed by atoms with Gasteiger partial charge in [-0.15, -0.1) is 0 Å². The van der Waals surface area contributed by atoms with Crippen LogP contribution >= 0.6 is 0 Å². The molecule has 0 fully saturated rings. The third-order valence-electron chi connectivity index (χ3n) is 2.09. The average molecular weight is 241 g/mol. The van der Waals surface area contributed by atoms with Crippen molar-refractivity contribution >= 4 is 17.3 Å². The van der Waals surface area contributed by atoms with Gasteiger partial charge < -0.3 is 11.1 Å². The van der Waals surface area contributed by atoms with Crippen molar-refractivity contribution < 1.29 is 14.1 Å². The Morgan fingerprint density at radius 2 is 2.24 bits per heavy atom. The van der Waals surface area contributed by atoms with E-state index in [9.17, 15) is 19.3 Å². The van der Waals surface area contributed by atoms with E-state index in [1.165, 1.54) is 0 Å². The highest BCUT2D eigenvalue weighted by molar-refractivity contribution is 5.99. The summed E-state index contributed by atoms with van der Waals surface area (Å²) in [7, 11) is 0. The van der Waals surface area contributed by atoms with Crippen LogP contribution < -0.4 is 11.1 Å². The van der Waals surface area contributed by atoms with Crippen LogP contribution in [0.2, 0.25) is 0 Å². The van der Waals surface area contributed by atoms with Crippen molar-refractivity contribution in [3.8, 4) is 0 Å². The van der Waals surface area contributed by atoms with Crippen LogP contribution in [0, 0.1) is 15.9 Å². The lowest BCUT2D eigenvalue weighted by atomic mass is 10.1. The van der Waals surface area contributed by atoms with Gasteiger partial charge in [0.25, 0.3) is 11.6 Å². The van der Waals surface area contributed by atoms with Gasteiger partial charge in [-0.2, -0.15) is 0 Å². The molecule has 0 bridgehead atoms. The lowest BCUT2D eigenvalue weighted by molar-refractivity contribution is -0.385. The number of nitrogen functional groups attached to an aromatic ring is 1. The molecule has 6 nitrogen and oxygen atoms in total. The number of carbonyl (C=O) groups is 1. The molecule has 0 aliphatic rings. The summed E-state index contributed by atoms with van der Waals surface area (Å²) < 4.78 is 13.1. The minimum absolute atomic E-state index is 0.234. The van der Waals surface area contributed by atoms with Gasteiger partial charge in [-0.05, 0) is 12.5 Å². The monoisotopic (exact) mass is 241 g/mol. The maximum absolute atomic E-state index is 13.1. The predicted molar refractivity (Wildman–Crippen MR) is 60.1 cm³/mol. The molecule has 7 heteroatoms. The first-order valence-corrected chi connectivity index (χ1v) is 4.99. The standard InChI is InChI=1S/C10H12FN3O3/c1-2-3-13-10(15)6-4-8(12)7(11)5-9(6)14(16)17/h4-5H,2-3,12H2,1H3,(H,13,15). The average Bonchev–Trinajstić information content (AvgIpc) is 2.28. The number of benzene rings is 1. The van der Waals surface area contributed by atoms with E-state index in [4.69, 9.17) is 5.73 Å². The van der Waals surface area contributed by atoms with Crippen molar-refractivity contribution in [2.24, 2.45) is 0 Å². The lowest BCUT2D eigenvalue weighted by Crippen LogP contribution is -2.25. The molecule has 0 heterocycles. The smallest absolute Gasteiger partial charge is 0.285 e. The highest BCUT2D eigenvalue weighted by Gasteiger charge is 2.22. The van der Waals surface area contributed by atoms with Crippen LogP contribution in [-0.2, 0) is 0 Å². The van der Waals surface area contributed by atoms with Crippen LogP contribution in [0.25, 0.3) is 0 Å². The Labute approximate surface area is 96.8 Å². The van der Waals surface area contributed by atoms with Gasteiger partial charge in [-0.25, -0.2) is 4.39 Å². The van der Waals surface area contributed by atoms with Crippen molar-refractivity contribution in [1.82, 2.24) is 5.32 Å². The number of carbonyl (C=O) groups excluding carboxylic acids is 1. The molecule has 0 spiro atoms. The summed E-state index contributed by atoms with van der Waals surface area (Å²) in [4.78, 5) is 21.5. The van der Waals surface area contributed by atoms with Gasteiger partial charge in [0, 0.05) is 6.54 Å². The number of amides is 1. The van der Waals surface area contributed by atoms with Crippen LogP contribution in [0.15, 0.2) is 12.1 Å². The fraction of sp³-hybridized carbons (Fsp3) is 0.300. The molecule has 1 aromatic carbocycles. The van der Waals surface area contributed by atoms with E-state index in [0.29, 0.717) is 19.0 Å². The largest absolute Gasteiger partial charge is 0.396 e. The van der Waals surface area contributed by atoms with Crippen molar-refractivity contribution in [2.75, 3.05) is 12.3 Å².